The summed E-state index contributed by atoms with van der Waals surface area (Å²) in [4.78, 5) is 27.1. The molecule has 1 saturated heterocycles. The Morgan fingerprint density at radius 3 is 2.59 bits per heavy atom. The van der Waals surface area contributed by atoms with Gasteiger partial charge in [0, 0.05) is 42.4 Å². The maximum absolute atomic E-state index is 12.7. The van der Waals surface area contributed by atoms with E-state index in [9.17, 15) is 9.59 Å². The van der Waals surface area contributed by atoms with Crippen LogP contribution in [-0.2, 0) is 16.0 Å². The molecule has 2 aromatic carbocycles. The van der Waals surface area contributed by atoms with Gasteiger partial charge < -0.3 is 15.2 Å². The van der Waals surface area contributed by atoms with Crippen LogP contribution in [0, 0.1) is 6.92 Å². The van der Waals surface area contributed by atoms with Crippen molar-refractivity contribution in [2.45, 2.75) is 45.7 Å². The fourth-order valence-corrected chi connectivity index (χ4v) is 4.79. The number of nitrogens with one attached hydrogen (secondary N) is 2. The Balaban J connectivity index is 1.46. The number of benzene rings is 2. The summed E-state index contributed by atoms with van der Waals surface area (Å²) in [5, 5.41) is 7.14. The highest BCUT2D eigenvalue weighted by Gasteiger charge is 2.32. The number of piperazine rings is 1. The standard InChI is InChI=1S/C26H32N4O2/c1-18(2)29-16-15-28-26(32)24(29)17-25(31)27-14-13-21-19(3)30(20-9-5-4-6-10-20)23-12-8-7-11-22(21)23/h4-12,18,24H,13-17H2,1-3H3,(H,27,31)(H,28,32)/t24-/m0/s1. The van der Waals surface area contributed by atoms with E-state index in [-0.39, 0.29) is 24.3 Å². The van der Waals surface area contributed by atoms with Crippen LogP contribution in [-0.4, -0.2) is 53.0 Å². The summed E-state index contributed by atoms with van der Waals surface area (Å²) < 4.78 is 2.28. The number of carbonyl (C=O) groups is 2. The second kappa shape index (κ2) is 9.57. The van der Waals surface area contributed by atoms with Crippen LogP contribution in [0.1, 0.15) is 31.5 Å². The van der Waals surface area contributed by atoms with Crippen LogP contribution in [0.2, 0.25) is 0 Å². The lowest BCUT2D eigenvalue weighted by atomic mass is 10.1. The van der Waals surface area contributed by atoms with Crippen LogP contribution in [0.3, 0.4) is 0 Å². The fourth-order valence-electron chi connectivity index (χ4n) is 4.79. The summed E-state index contributed by atoms with van der Waals surface area (Å²) in [5.41, 5.74) is 4.73. The molecule has 3 aromatic rings. The average molecular weight is 433 g/mol. The summed E-state index contributed by atoms with van der Waals surface area (Å²) in [7, 11) is 0. The monoisotopic (exact) mass is 432 g/mol. The zero-order valence-electron chi connectivity index (χ0n) is 19.1. The fraction of sp³-hybridized carbons (Fsp3) is 0.385. The van der Waals surface area contributed by atoms with Crippen molar-refractivity contribution in [3.05, 3.63) is 65.9 Å². The molecule has 1 aliphatic heterocycles. The van der Waals surface area contributed by atoms with E-state index in [0.29, 0.717) is 13.1 Å². The van der Waals surface area contributed by atoms with Crippen LogP contribution in [0.25, 0.3) is 16.6 Å². The van der Waals surface area contributed by atoms with E-state index in [2.05, 4.69) is 77.3 Å². The summed E-state index contributed by atoms with van der Waals surface area (Å²) in [5.74, 6) is -0.135. The van der Waals surface area contributed by atoms with E-state index in [4.69, 9.17) is 0 Å². The first-order valence-corrected chi connectivity index (χ1v) is 11.4. The molecule has 4 rings (SSSR count). The minimum atomic E-state index is -0.398. The quantitative estimate of drug-likeness (QED) is 0.603. The number of hydrogen-bond donors (Lipinski definition) is 2. The molecule has 0 bridgehead atoms. The Hall–Kier alpha value is -3.12. The van der Waals surface area contributed by atoms with E-state index in [1.807, 2.05) is 18.2 Å². The lowest BCUT2D eigenvalue weighted by molar-refractivity contribution is -0.134. The maximum atomic E-state index is 12.7. The van der Waals surface area contributed by atoms with Crippen molar-refractivity contribution < 1.29 is 9.59 Å². The van der Waals surface area contributed by atoms with Gasteiger partial charge in [0.2, 0.25) is 11.8 Å². The first-order valence-electron chi connectivity index (χ1n) is 11.4. The molecule has 2 amide bonds. The van der Waals surface area contributed by atoms with Crippen molar-refractivity contribution in [3.63, 3.8) is 0 Å². The van der Waals surface area contributed by atoms with Gasteiger partial charge in [0.15, 0.2) is 0 Å². The molecule has 1 fully saturated rings. The van der Waals surface area contributed by atoms with Gasteiger partial charge in [0.05, 0.1) is 18.0 Å². The molecule has 2 heterocycles. The third kappa shape index (κ3) is 4.41. The third-order valence-corrected chi connectivity index (χ3v) is 6.37. The van der Waals surface area contributed by atoms with E-state index in [1.165, 1.54) is 22.2 Å². The Morgan fingerprint density at radius 1 is 1.12 bits per heavy atom. The Bertz CT molecular complexity index is 1100. The van der Waals surface area contributed by atoms with E-state index in [0.717, 1.165) is 18.7 Å². The molecule has 6 heteroatoms. The van der Waals surface area contributed by atoms with Gasteiger partial charge in [-0.2, -0.15) is 0 Å². The summed E-state index contributed by atoms with van der Waals surface area (Å²) in [6.07, 6.45) is 0.928. The third-order valence-electron chi connectivity index (χ3n) is 6.37. The number of amides is 2. The lowest BCUT2D eigenvalue weighted by Crippen LogP contribution is -2.58. The maximum Gasteiger partial charge on any atom is 0.237 e. The number of carbonyl (C=O) groups excluding carboxylic acids is 2. The molecule has 168 valence electrons. The number of hydrogen-bond acceptors (Lipinski definition) is 3. The predicted molar refractivity (Wildman–Crippen MR) is 128 cm³/mol. The van der Waals surface area contributed by atoms with Crippen LogP contribution < -0.4 is 10.6 Å². The summed E-state index contributed by atoms with van der Waals surface area (Å²) >= 11 is 0. The second-order valence-electron chi connectivity index (χ2n) is 8.69. The molecule has 0 saturated carbocycles. The topological polar surface area (TPSA) is 66.4 Å². The number of aromatic nitrogens is 1. The van der Waals surface area contributed by atoms with Crippen LogP contribution in [0.5, 0.6) is 0 Å². The zero-order chi connectivity index (χ0) is 22.7. The van der Waals surface area contributed by atoms with Gasteiger partial charge in [0.25, 0.3) is 0 Å². The first-order chi connectivity index (χ1) is 15.5. The molecule has 0 radical (unpaired) electrons. The predicted octanol–water partition coefficient (Wildman–Crippen LogP) is 3.20. The Labute approximate surface area is 189 Å². The molecule has 0 spiro atoms. The van der Waals surface area contributed by atoms with E-state index in [1.54, 1.807) is 0 Å². The minimum Gasteiger partial charge on any atom is -0.356 e. The number of fused-ring (bicyclic) bond motifs is 1. The summed E-state index contributed by atoms with van der Waals surface area (Å²) in [6, 6.07) is 18.6. The molecule has 0 aliphatic carbocycles. The molecule has 0 unspecified atom stereocenters. The Morgan fingerprint density at radius 2 is 1.84 bits per heavy atom. The highest BCUT2D eigenvalue weighted by molar-refractivity contribution is 5.89. The van der Waals surface area contributed by atoms with Crippen LogP contribution >= 0.6 is 0 Å². The van der Waals surface area contributed by atoms with Gasteiger partial charge in [-0.1, -0.05) is 36.4 Å². The van der Waals surface area contributed by atoms with E-state index < -0.39 is 6.04 Å². The zero-order valence-corrected chi connectivity index (χ0v) is 19.1. The lowest BCUT2D eigenvalue weighted by Gasteiger charge is -2.37. The van der Waals surface area contributed by atoms with Crippen molar-refractivity contribution >= 4 is 22.7 Å². The van der Waals surface area contributed by atoms with Gasteiger partial charge in [-0.05, 0) is 51.0 Å². The second-order valence-corrected chi connectivity index (χ2v) is 8.69. The van der Waals surface area contributed by atoms with Gasteiger partial charge >= 0.3 is 0 Å². The SMILES string of the molecule is Cc1c(CCNC(=O)C[C@H]2C(=O)NCCN2C(C)C)c2ccccc2n1-c1ccccc1. The highest BCUT2D eigenvalue weighted by atomic mass is 16.2. The largest absolute Gasteiger partial charge is 0.356 e. The molecule has 6 nitrogen and oxygen atoms in total. The summed E-state index contributed by atoms with van der Waals surface area (Å²) in [6.45, 7) is 8.22. The van der Waals surface area contributed by atoms with Crippen molar-refractivity contribution in [1.29, 1.82) is 0 Å². The number of para-hydroxylation sites is 2. The van der Waals surface area contributed by atoms with Crippen LogP contribution in [0.4, 0.5) is 0 Å². The normalized spacial score (nSPS) is 17.0. The van der Waals surface area contributed by atoms with Gasteiger partial charge in [0.1, 0.15) is 0 Å². The van der Waals surface area contributed by atoms with Gasteiger partial charge in [-0.3, -0.25) is 14.5 Å². The highest BCUT2D eigenvalue weighted by Crippen LogP contribution is 2.29. The molecule has 1 atom stereocenters. The number of nitrogens with zero attached hydrogens (tertiary/aromatic N) is 2. The van der Waals surface area contributed by atoms with Crippen molar-refractivity contribution in [2.75, 3.05) is 19.6 Å². The Kier molecular flexibility index (Phi) is 6.61. The molecule has 32 heavy (non-hydrogen) atoms. The van der Waals surface area contributed by atoms with E-state index >= 15 is 0 Å². The molecule has 1 aromatic heterocycles. The smallest absolute Gasteiger partial charge is 0.237 e. The van der Waals surface area contributed by atoms with Crippen molar-refractivity contribution in [1.82, 2.24) is 20.1 Å². The molecule has 1 aliphatic rings. The van der Waals surface area contributed by atoms with Crippen LogP contribution in [0.15, 0.2) is 54.6 Å². The minimum absolute atomic E-state index is 0.0538. The van der Waals surface area contributed by atoms with Crippen molar-refractivity contribution in [3.8, 4) is 5.69 Å². The first kappa shape index (κ1) is 22.1. The molecular weight excluding hydrogens is 400 g/mol. The van der Waals surface area contributed by atoms with Gasteiger partial charge in [-0.25, -0.2) is 0 Å². The molecular formula is C26H32N4O2. The van der Waals surface area contributed by atoms with Gasteiger partial charge in [-0.15, -0.1) is 0 Å². The van der Waals surface area contributed by atoms with Crippen molar-refractivity contribution in [2.24, 2.45) is 0 Å². The molecule has 2 N–H and O–H groups in total. The average Bonchev–Trinajstić information content (AvgIpc) is 3.07. The number of rotatable bonds is 7.